The largest absolute Gasteiger partial charge is 0.393 e. The highest BCUT2D eigenvalue weighted by Crippen LogP contribution is 2.62. The Balaban J connectivity index is 0.000000119. The molecule has 14 bridgehead atoms. The van der Waals surface area contributed by atoms with Gasteiger partial charge >= 0.3 is 6.18 Å². The Hall–Kier alpha value is -4.60. The van der Waals surface area contributed by atoms with Gasteiger partial charge in [-0.15, -0.1) is 0 Å². The van der Waals surface area contributed by atoms with Crippen LogP contribution in [0.25, 0.3) is 0 Å². The van der Waals surface area contributed by atoms with Gasteiger partial charge in [-0.3, -0.25) is 68.5 Å². The lowest BCUT2D eigenvalue weighted by Crippen LogP contribution is -2.41. The van der Waals surface area contributed by atoms with Gasteiger partial charge in [0, 0.05) is 68.8 Å². The van der Waals surface area contributed by atoms with Gasteiger partial charge < -0.3 is 52.2 Å². The molecule has 7 saturated heterocycles. The number of aliphatic imine (C=N–C) groups is 7. The van der Waals surface area contributed by atoms with Crippen molar-refractivity contribution in [1.29, 1.82) is 0 Å². The number of alkyl halides is 13. The summed E-state index contributed by atoms with van der Waals surface area (Å²) in [5.41, 5.74) is 0. The number of ether oxygens (including phenoxy) is 1. The molecule has 9 N–H and O–H groups in total. The molecule has 0 radical (unpaired) electrons. The Morgan fingerprint density at radius 3 is 0.894 bits per heavy atom. The second kappa shape index (κ2) is 41.2. The Labute approximate surface area is 852 Å². The van der Waals surface area contributed by atoms with Crippen LogP contribution < -0.4 is 37.2 Å². The van der Waals surface area contributed by atoms with E-state index in [2.05, 4.69) is 89.9 Å². The highest BCUT2D eigenvalue weighted by Gasteiger charge is 2.65. The average Bonchev–Trinajstić information content (AvgIpc) is 1.61. The number of thioether (sulfide) groups is 7. The monoisotopic (exact) mass is 2140 g/mol. The van der Waals surface area contributed by atoms with Gasteiger partial charge in [-0.2, -0.15) is 13.2 Å². The quantitative estimate of drug-likeness (QED) is 0.0648. The van der Waals surface area contributed by atoms with Crippen LogP contribution in [0.15, 0.2) is 34.9 Å². The number of hydrogen-bond donors (Lipinski definition) is 9. The standard InChI is InChI=1S/C16H22F2N2O2S.2C14H20F2N2OS.2C14H22N2O2S.C13H15F5N2OS.C13H18F2N2OS/c1-22-11-2-4-15(5-3-11)13(21)20-14(23-15)19-12-7-10-6-9(12)8-16(10,17)18;1-3-4-13(2)11(19)18-12(20-13)17-10-6-9-5-8(10)7-14(9,15)16;1-3-13(4-2)11(19)18-12(20-13)17-10-6-9-5-8(10)7-14(9,15)16;2*1-7(2)14(3)12(18)16-13(19-14)15-10-5-9-4-8(10)6-11(9)17;1-11(5-13(16,17)18)9(21)20-10(22-11)19-8-3-7-2-6(8)4-12(7,14)15;1-3-12(2)10(18)17-11(19-12)16-9-5-8-4-7(9)6-13(8,14)15/h9-12H,2-8H2,1H3,(H,19,20,21);2*8-10H,3-7H2,1-2H3,(H,17,18,19);2*7-11,17H,4-6H2,1-3H3,(H,15,16,18);6-8H,2-5H2,1H3,(H,19,20,21);7-9H,3-6H2,1-2H3,(H,16,17,18)/t9-,10-,11?,12+,15?;8-,9-,10+,13+;8-,9-,10+;8-,9-,10+,11+,14+;8-,9-,10+,11-,14+;6-,7-,8+,11+;7-,8-,9+,12+/m1111111/s1. The summed E-state index contributed by atoms with van der Waals surface area (Å²) in [6.07, 6.45) is 11.9. The van der Waals surface area contributed by atoms with Crippen molar-refractivity contribution in [2.75, 3.05) is 7.11 Å². The zero-order chi connectivity index (χ0) is 103. The minimum absolute atomic E-state index is 0.00316. The predicted molar refractivity (Wildman–Crippen MR) is 534 cm³/mol. The first kappa shape index (κ1) is 110. The van der Waals surface area contributed by atoms with E-state index in [1.807, 2.05) is 55.4 Å². The lowest BCUT2D eigenvalue weighted by Gasteiger charge is -2.32. The van der Waals surface area contributed by atoms with E-state index >= 15 is 0 Å². The van der Waals surface area contributed by atoms with E-state index in [0.29, 0.717) is 114 Å². The molecule has 22 aliphatic rings. The van der Waals surface area contributed by atoms with Gasteiger partial charge in [0.15, 0.2) is 36.2 Å². The van der Waals surface area contributed by atoms with Crippen LogP contribution in [0.2, 0.25) is 0 Å². The third-order valence-corrected chi connectivity index (χ3v) is 45.4. The Kier molecular flexibility index (Phi) is 31.9. The van der Waals surface area contributed by atoms with Gasteiger partial charge in [0.05, 0.1) is 76.5 Å². The van der Waals surface area contributed by atoms with Crippen molar-refractivity contribution in [2.45, 2.75) is 419 Å². The number of methoxy groups -OCH3 is 1. The van der Waals surface area contributed by atoms with E-state index in [1.54, 1.807) is 30.6 Å². The number of nitrogens with zero attached hydrogens (tertiary/aromatic N) is 7. The van der Waals surface area contributed by atoms with Crippen molar-refractivity contribution in [3.05, 3.63) is 0 Å². The van der Waals surface area contributed by atoms with Gasteiger partial charge in [-0.25, -0.2) is 43.9 Å². The number of nitrogens with one attached hydrogen (secondary N) is 7. The number of halogens is 13. The maximum Gasteiger partial charge on any atom is 0.390 e. The van der Waals surface area contributed by atoms with E-state index in [-0.39, 0.29) is 169 Å². The minimum Gasteiger partial charge on any atom is -0.393 e. The smallest absolute Gasteiger partial charge is 0.390 e. The molecule has 1 spiro atoms. The summed E-state index contributed by atoms with van der Waals surface area (Å²) in [6, 6.07) is 0.106. The topological polar surface area (TPSA) is 340 Å². The third kappa shape index (κ3) is 22.7. The van der Waals surface area contributed by atoms with Crippen molar-refractivity contribution in [3.63, 3.8) is 0 Å². The first-order valence-electron chi connectivity index (χ1n) is 51.2. The summed E-state index contributed by atoms with van der Waals surface area (Å²) in [5, 5.41) is 43.4. The number of amides is 7. The molecule has 794 valence electrons. The number of hydrogen-bond acceptors (Lipinski definition) is 24. The number of carbonyl (C=O) groups excluding carboxylic acids is 7. The van der Waals surface area contributed by atoms with Crippen LogP contribution >= 0.6 is 82.3 Å². The molecule has 22 fully saturated rings. The van der Waals surface area contributed by atoms with Crippen LogP contribution in [0.5, 0.6) is 0 Å². The van der Waals surface area contributed by atoms with Crippen molar-refractivity contribution in [1.82, 2.24) is 37.2 Å². The van der Waals surface area contributed by atoms with E-state index in [0.717, 1.165) is 118 Å². The fourth-order valence-corrected chi connectivity index (χ4v) is 33.9. The van der Waals surface area contributed by atoms with Crippen molar-refractivity contribution in [3.8, 4) is 0 Å². The van der Waals surface area contributed by atoms with Crippen LogP contribution in [0.3, 0.4) is 0 Å². The summed E-state index contributed by atoms with van der Waals surface area (Å²) in [7, 11) is 1.71. The Morgan fingerprint density at radius 1 is 0.345 bits per heavy atom. The molecule has 142 heavy (non-hydrogen) atoms. The Morgan fingerprint density at radius 2 is 0.634 bits per heavy atom. The maximum absolute atomic E-state index is 13.6. The predicted octanol–water partition coefficient (Wildman–Crippen LogP) is 19.1. The van der Waals surface area contributed by atoms with Crippen molar-refractivity contribution < 1.29 is 106 Å². The molecule has 7 heterocycles. The molecular formula is C98H139F13N14O10S7. The second-order valence-corrected chi connectivity index (χ2v) is 55.8. The normalized spacial score (nSPS) is 44.8. The molecular weight excluding hydrogens is 2000 g/mol. The molecule has 15 aliphatic carbocycles. The molecule has 0 aromatic heterocycles. The fraction of sp³-hybridized carbons (Fsp3) is 0.857. The summed E-state index contributed by atoms with van der Waals surface area (Å²) in [4.78, 5) is 116. The highest BCUT2D eigenvalue weighted by atomic mass is 32.2. The molecule has 44 heteroatoms. The third-order valence-electron chi connectivity index (χ3n) is 35.7. The van der Waals surface area contributed by atoms with Gasteiger partial charge in [0.25, 0.3) is 29.6 Å². The number of fused-ring (bicyclic) bond motifs is 14. The SMILES string of the molecule is CC(C)[C@]1(C)SC(=N[C@H]2C[C@H]3C[C@@H]2C[C@@H]3O)NC1=O.CC(C)[C@]1(C)SC(=N[C@H]2C[C@H]3C[C@@H]2C[C@H]3O)NC1=O.CCC1(CC)SC(=N[C@H]2C[C@H]3C[C@@H]2CC3(F)F)NC1=O.CCC[C@]1(C)SC(=N[C@H]2C[C@H]3C[C@@H]2CC3(F)F)NC1=O.CC[C@]1(C)SC(=N[C@H]2C[C@H]3C[C@@H]2CC3(F)F)NC1=O.COC1CCC2(CC1)SC(=N[C@H]1C[C@H]3C[C@@H]1CC3(F)F)NC2=O.C[C@@]1(CC(F)(F)F)SC(=N[C@H]2C[C@H]3C[C@@H]2CC3(F)F)NC1=O. The fourth-order valence-electron chi connectivity index (χ4n) is 25.9. The first-order chi connectivity index (χ1) is 66.3. The summed E-state index contributed by atoms with van der Waals surface area (Å²) < 4.78 is 174. The first-order valence-corrected chi connectivity index (χ1v) is 56.9. The summed E-state index contributed by atoms with van der Waals surface area (Å²) in [6.45, 7) is 25.3. The lowest BCUT2D eigenvalue weighted by molar-refractivity contribution is -0.148. The average molecular weight is 2140 g/mol. The molecule has 7 amide bonds. The van der Waals surface area contributed by atoms with Crippen LogP contribution in [-0.4, -0.2) is 224 Å². The number of aliphatic hydroxyl groups is 2. The zero-order valence-electron chi connectivity index (χ0n) is 83.0. The van der Waals surface area contributed by atoms with E-state index in [4.69, 9.17) is 14.7 Å². The van der Waals surface area contributed by atoms with Crippen LogP contribution in [0, 0.1) is 94.7 Å². The van der Waals surface area contributed by atoms with E-state index in [9.17, 15) is 101 Å². The number of carbonyl (C=O) groups is 7. The van der Waals surface area contributed by atoms with Gasteiger partial charge in [-0.1, -0.05) is 144 Å². The van der Waals surface area contributed by atoms with Crippen LogP contribution in [0.1, 0.15) is 289 Å². The molecule has 28 atom stereocenters. The van der Waals surface area contributed by atoms with Gasteiger partial charge in [0.2, 0.25) is 41.4 Å². The second-order valence-electron chi connectivity index (χ2n) is 45.7. The molecule has 7 aliphatic heterocycles. The van der Waals surface area contributed by atoms with Crippen molar-refractivity contribution >= 4 is 160 Å². The maximum atomic E-state index is 13.6. The number of amidine groups is 7. The molecule has 15 saturated carbocycles. The molecule has 22 rings (SSSR count). The summed E-state index contributed by atoms with van der Waals surface area (Å²) >= 11 is 9.78. The van der Waals surface area contributed by atoms with Crippen molar-refractivity contribution in [2.24, 2.45) is 130 Å². The number of aliphatic hydroxyl groups excluding tert-OH is 2. The van der Waals surface area contributed by atoms with Crippen LogP contribution in [-0.2, 0) is 38.3 Å². The molecule has 0 unspecified atom stereocenters. The molecule has 0 aromatic carbocycles. The summed E-state index contributed by atoms with van der Waals surface area (Å²) in [5.74, 6) is -13.8. The Bertz CT molecular complexity index is 4950. The molecule has 24 nitrogen and oxygen atoms in total. The minimum atomic E-state index is -4.46. The van der Waals surface area contributed by atoms with Gasteiger partial charge in [0.1, 0.15) is 23.7 Å². The lowest BCUT2D eigenvalue weighted by atomic mass is 9.86. The van der Waals surface area contributed by atoms with Crippen LogP contribution in [0.4, 0.5) is 57.1 Å². The zero-order valence-corrected chi connectivity index (χ0v) is 88.7. The van der Waals surface area contributed by atoms with E-state index < -0.39 is 111 Å². The highest BCUT2D eigenvalue weighted by molar-refractivity contribution is 8.18. The van der Waals surface area contributed by atoms with Gasteiger partial charge in [-0.05, 0) is 254 Å². The number of rotatable bonds is 16. The van der Waals surface area contributed by atoms with E-state index in [1.165, 1.54) is 54.0 Å². The molecule has 0 aromatic rings.